The normalized spacial score (nSPS) is 11.0. The molecule has 0 atom stereocenters. The molecule has 0 unspecified atom stereocenters. The smallest absolute Gasteiger partial charge is 0.337 e. The molecule has 0 heterocycles. The van der Waals surface area contributed by atoms with Crippen molar-refractivity contribution in [1.29, 1.82) is 0 Å². The van der Waals surface area contributed by atoms with Crippen molar-refractivity contribution in [3.8, 4) is 11.1 Å². The van der Waals surface area contributed by atoms with E-state index in [1.165, 1.54) is 7.11 Å². The zero-order chi connectivity index (χ0) is 25.8. The van der Waals surface area contributed by atoms with Crippen LogP contribution in [0.15, 0.2) is 66.7 Å². The number of esters is 2. The molecule has 35 heavy (non-hydrogen) atoms. The van der Waals surface area contributed by atoms with Crippen molar-refractivity contribution in [2.75, 3.05) is 18.6 Å². The van der Waals surface area contributed by atoms with Gasteiger partial charge in [0.25, 0.3) is 5.91 Å². The Kier molecular flexibility index (Phi) is 7.64. The van der Waals surface area contributed by atoms with E-state index in [9.17, 15) is 23.2 Å². The number of nitrogens with zero attached hydrogens (tertiary/aromatic N) is 1. The molecule has 3 aromatic rings. The summed E-state index contributed by atoms with van der Waals surface area (Å²) in [5, 5.41) is 0. The number of hydrogen-bond donors (Lipinski definition) is 0. The second-order valence-corrected chi connectivity index (χ2v) is 8.69. The fourth-order valence-corrected chi connectivity index (χ4v) is 3.39. The van der Waals surface area contributed by atoms with Crippen molar-refractivity contribution in [1.82, 2.24) is 0 Å². The van der Waals surface area contributed by atoms with Gasteiger partial charge in [-0.2, -0.15) is 0 Å². The standard InChI is InChI=1S/C27H25F2NO5/c1-27(2,3)35-23(31)16-30(25(32)24-21(28)9-6-10-22(24)29)20-8-5-7-19(15-20)17-11-13-18(14-12-17)26(33)34-4/h5-15H,16H2,1-4H3. The van der Waals surface area contributed by atoms with Gasteiger partial charge in [-0.15, -0.1) is 0 Å². The molecule has 3 aromatic carbocycles. The molecule has 6 nitrogen and oxygen atoms in total. The predicted molar refractivity (Wildman–Crippen MR) is 127 cm³/mol. The average Bonchev–Trinajstić information content (AvgIpc) is 2.81. The van der Waals surface area contributed by atoms with Crippen LogP contribution in [0.25, 0.3) is 11.1 Å². The van der Waals surface area contributed by atoms with Crippen molar-refractivity contribution in [3.63, 3.8) is 0 Å². The first kappa shape index (κ1) is 25.6. The third kappa shape index (κ3) is 6.29. The number of halogens is 2. The SMILES string of the molecule is COC(=O)c1ccc(-c2cccc(N(CC(=O)OC(C)(C)C)C(=O)c3c(F)cccc3F)c2)cc1. The molecule has 1 amide bonds. The first-order valence-electron chi connectivity index (χ1n) is 10.8. The predicted octanol–water partition coefficient (Wildman–Crippen LogP) is 5.41. The van der Waals surface area contributed by atoms with Crippen LogP contribution in [-0.2, 0) is 14.3 Å². The van der Waals surface area contributed by atoms with E-state index in [-0.39, 0.29) is 5.69 Å². The van der Waals surface area contributed by atoms with Gasteiger partial charge in [-0.3, -0.25) is 14.5 Å². The van der Waals surface area contributed by atoms with Crippen molar-refractivity contribution in [2.24, 2.45) is 0 Å². The molecule has 0 bridgehead atoms. The van der Waals surface area contributed by atoms with Crippen LogP contribution in [0.4, 0.5) is 14.5 Å². The van der Waals surface area contributed by atoms with Crippen molar-refractivity contribution in [2.45, 2.75) is 26.4 Å². The third-order valence-electron chi connectivity index (χ3n) is 4.93. The fraction of sp³-hybridized carbons (Fsp3) is 0.222. The molecule has 0 saturated heterocycles. The molecule has 182 valence electrons. The van der Waals surface area contributed by atoms with Gasteiger partial charge in [0.15, 0.2) is 0 Å². The quantitative estimate of drug-likeness (QED) is 0.441. The molecule has 0 spiro atoms. The first-order chi connectivity index (χ1) is 16.5. The summed E-state index contributed by atoms with van der Waals surface area (Å²) in [6.45, 7) is 4.46. The Hall–Kier alpha value is -4.07. The highest BCUT2D eigenvalue weighted by molar-refractivity contribution is 6.09. The maximum Gasteiger partial charge on any atom is 0.337 e. The Morgan fingerprint density at radius 3 is 2.03 bits per heavy atom. The number of carbonyl (C=O) groups is 3. The third-order valence-corrected chi connectivity index (χ3v) is 4.93. The summed E-state index contributed by atoms with van der Waals surface area (Å²) in [5.41, 5.74) is 0.362. The van der Waals surface area contributed by atoms with E-state index in [2.05, 4.69) is 0 Å². The van der Waals surface area contributed by atoms with E-state index in [1.807, 2.05) is 0 Å². The van der Waals surface area contributed by atoms with Crippen LogP contribution in [0.1, 0.15) is 41.5 Å². The van der Waals surface area contributed by atoms with Crippen LogP contribution in [0.3, 0.4) is 0 Å². The van der Waals surface area contributed by atoms with Gasteiger partial charge in [-0.05, 0) is 68.3 Å². The number of methoxy groups -OCH3 is 1. The number of benzene rings is 3. The molecule has 8 heteroatoms. The highest BCUT2D eigenvalue weighted by Gasteiger charge is 2.28. The maximum atomic E-state index is 14.4. The van der Waals surface area contributed by atoms with Crippen molar-refractivity contribution >= 4 is 23.5 Å². The number of carbonyl (C=O) groups excluding carboxylic acids is 3. The summed E-state index contributed by atoms with van der Waals surface area (Å²) < 4.78 is 38.9. The van der Waals surface area contributed by atoms with Gasteiger partial charge >= 0.3 is 11.9 Å². The first-order valence-corrected chi connectivity index (χ1v) is 10.8. The summed E-state index contributed by atoms with van der Waals surface area (Å²) >= 11 is 0. The summed E-state index contributed by atoms with van der Waals surface area (Å²) in [6, 6.07) is 16.2. The molecule has 0 N–H and O–H groups in total. The number of hydrogen-bond acceptors (Lipinski definition) is 5. The van der Waals surface area contributed by atoms with Gasteiger partial charge < -0.3 is 9.47 Å². The van der Waals surface area contributed by atoms with E-state index in [0.717, 1.165) is 23.1 Å². The lowest BCUT2D eigenvalue weighted by molar-refractivity contribution is -0.152. The second kappa shape index (κ2) is 10.5. The molecular weight excluding hydrogens is 456 g/mol. The minimum absolute atomic E-state index is 0.234. The Morgan fingerprint density at radius 1 is 0.857 bits per heavy atom. The van der Waals surface area contributed by atoms with Gasteiger partial charge in [0.1, 0.15) is 29.3 Å². The van der Waals surface area contributed by atoms with Gasteiger partial charge in [0.2, 0.25) is 0 Å². The molecule has 3 rings (SSSR count). The van der Waals surface area contributed by atoms with Crippen LogP contribution >= 0.6 is 0 Å². The second-order valence-electron chi connectivity index (χ2n) is 8.69. The monoisotopic (exact) mass is 481 g/mol. The molecule has 0 aliphatic rings. The summed E-state index contributed by atoms with van der Waals surface area (Å²) in [7, 11) is 1.29. The van der Waals surface area contributed by atoms with E-state index in [4.69, 9.17) is 9.47 Å². The number of amides is 1. The minimum Gasteiger partial charge on any atom is -0.465 e. The zero-order valence-electron chi connectivity index (χ0n) is 19.8. The average molecular weight is 481 g/mol. The van der Waals surface area contributed by atoms with Crippen LogP contribution in [0.5, 0.6) is 0 Å². The van der Waals surface area contributed by atoms with Crippen molar-refractivity contribution in [3.05, 3.63) is 89.5 Å². The van der Waals surface area contributed by atoms with Crippen LogP contribution in [0.2, 0.25) is 0 Å². The molecule has 0 fully saturated rings. The van der Waals surface area contributed by atoms with E-state index in [1.54, 1.807) is 69.3 Å². The molecule has 0 aromatic heterocycles. The summed E-state index contributed by atoms with van der Waals surface area (Å²) in [4.78, 5) is 38.5. The van der Waals surface area contributed by atoms with Crippen LogP contribution in [0, 0.1) is 11.6 Å². The largest absolute Gasteiger partial charge is 0.465 e. The van der Waals surface area contributed by atoms with Crippen LogP contribution in [-0.4, -0.2) is 37.1 Å². The van der Waals surface area contributed by atoms with E-state index < -0.39 is 47.2 Å². The molecule has 0 aliphatic heterocycles. The fourth-order valence-electron chi connectivity index (χ4n) is 3.39. The maximum absolute atomic E-state index is 14.4. The minimum atomic E-state index is -1.04. The van der Waals surface area contributed by atoms with Gasteiger partial charge in [-0.25, -0.2) is 13.6 Å². The summed E-state index contributed by atoms with van der Waals surface area (Å²) in [5.74, 6) is -4.33. The number of ether oxygens (including phenoxy) is 2. The van der Waals surface area contributed by atoms with Gasteiger partial charge in [0.05, 0.1) is 12.7 Å². The van der Waals surface area contributed by atoms with Gasteiger partial charge in [-0.1, -0.05) is 30.3 Å². The Morgan fingerprint density at radius 2 is 1.46 bits per heavy atom. The zero-order valence-corrected chi connectivity index (χ0v) is 19.8. The van der Waals surface area contributed by atoms with Crippen LogP contribution < -0.4 is 4.90 Å². The van der Waals surface area contributed by atoms with E-state index in [0.29, 0.717) is 16.7 Å². The Balaban J connectivity index is 2.02. The molecule has 0 saturated carbocycles. The highest BCUT2D eigenvalue weighted by Crippen LogP contribution is 2.27. The van der Waals surface area contributed by atoms with E-state index >= 15 is 0 Å². The molecule has 0 radical (unpaired) electrons. The lowest BCUT2D eigenvalue weighted by Gasteiger charge is -2.26. The number of rotatable bonds is 6. The highest BCUT2D eigenvalue weighted by atomic mass is 19.1. The van der Waals surface area contributed by atoms with Gasteiger partial charge in [0, 0.05) is 5.69 Å². The van der Waals surface area contributed by atoms with Crippen molar-refractivity contribution < 1.29 is 32.6 Å². The Bertz CT molecular complexity index is 1230. The molecule has 0 aliphatic carbocycles. The summed E-state index contributed by atoms with van der Waals surface area (Å²) in [6.07, 6.45) is 0. The lowest BCUT2D eigenvalue weighted by atomic mass is 10.0. The number of anilines is 1. The Labute approximate surface area is 202 Å². The lowest BCUT2D eigenvalue weighted by Crippen LogP contribution is -2.39. The molecular formula is C27H25F2NO5. The topological polar surface area (TPSA) is 72.9 Å².